The molecule has 1 atom stereocenters. The maximum Gasteiger partial charge on any atom is 0.239 e. The van der Waals surface area contributed by atoms with Crippen molar-refractivity contribution in [1.29, 1.82) is 0 Å². The minimum absolute atomic E-state index is 0.0491. The molecule has 0 radical (unpaired) electrons. The van der Waals surface area contributed by atoms with Gasteiger partial charge in [0.15, 0.2) is 0 Å². The maximum absolute atomic E-state index is 12.3. The second kappa shape index (κ2) is 10.5. The number of carbonyl (C=O) groups is 3. The molecule has 0 aliphatic rings. The Kier molecular flexibility index (Phi) is 8.76. The summed E-state index contributed by atoms with van der Waals surface area (Å²) in [5.41, 5.74) is 0.883. The van der Waals surface area contributed by atoms with Crippen LogP contribution in [-0.2, 0) is 20.9 Å². The molecule has 0 saturated carbocycles. The van der Waals surface area contributed by atoms with Gasteiger partial charge in [-0.1, -0.05) is 57.2 Å². The summed E-state index contributed by atoms with van der Waals surface area (Å²) in [6, 6.07) is 9.54. The van der Waals surface area contributed by atoms with E-state index in [1.165, 1.54) is 0 Å². The van der Waals surface area contributed by atoms with Crippen molar-refractivity contribution < 1.29 is 14.4 Å². The molecule has 5 nitrogen and oxygen atoms in total. The fraction of sp³-hybridized carbons (Fsp3) is 0.476. The number of carbonyl (C=O) groups excluding carboxylic acids is 3. The van der Waals surface area contributed by atoms with Crippen LogP contribution >= 0.6 is 0 Å². The standard InChI is InChI=1S/C21H30N2O3/c1-5-9-17(12-18(24)13-21(2,3)4)20(26)23-15-19(25)22-14-16-10-7-6-8-11-16/h5-8,10-11,17H,1,9,12-15H2,2-4H3,(H,22,25)(H,23,26). The predicted molar refractivity (Wildman–Crippen MR) is 103 cm³/mol. The van der Waals surface area contributed by atoms with Gasteiger partial charge < -0.3 is 10.6 Å². The molecular weight excluding hydrogens is 328 g/mol. The summed E-state index contributed by atoms with van der Waals surface area (Å²) in [7, 11) is 0. The number of nitrogens with one attached hydrogen (secondary N) is 2. The molecule has 0 spiro atoms. The summed E-state index contributed by atoms with van der Waals surface area (Å²) < 4.78 is 0. The molecule has 26 heavy (non-hydrogen) atoms. The average Bonchev–Trinajstić information content (AvgIpc) is 2.56. The molecule has 0 saturated heterocycles. The number of amides is 2. The Morgan fingerprint density at radius 3 is 2.35 bits per heavy atom. The van der Waals surface area contributed by atoms with E-state index in [4.69, 9.17) is 0 Å². The fourth-order valence-electron chi connectivity index (χ4n) is 2.59. The summed E-state index contributed by atoms with van der Waals surface area (Å²) in [6.45, 7) is 9.93. The molecule has 5 heteroatoms. The second-order valence-corrected chi connectivity index (χ2v) is 7.68. The summed E-state index contributed by atoms with van der Waals surface area (Å²) in [5, 5.41) is 5.38. The molecule has 0 fully saturated rings. The largest absolute Gasteiger partial charge is 0.350 e. The van der Waals surface area contributed by atoms with Crippen LogP contribution in [0.15, 0.2) is 43.0 Å². The van der Waals surface area contributed by atoms with Gasteiger partial charge in [-0.05, 0) is 17.4 Å². The lowest BCUT2D eigenvalue weighted by Crippen LogP contribution is -2.40. The SMILES string of the molecule is C=CCC(CC(=O)CC(C)(C)C)C(=O)NCC(=O)NCc1ccccc1. The summed E-state index contributed by atoms with van der Waals surface area (Å²) in [6.07, 6.45) is 2.63. The summed E-state index contributed by atoms with van der Waals surface area (Å²) in [4.78, 5) is 36.4. The first kappa shape index (κ1) is 21.6. The van der Waals surface area contributed by atoms with E-state index >= 15 is 0 Å². The average molecular weight is 358 g/mol. The van der Waals surface area contributed by atoms with Crippen LogP contribution in [0.3, 0.4) is 0 Å². The molecule has 1 rings (SSSR count). The van der Waals surface area contributed by atoms with Crippen LogP contribution in [0.2, 0.25) is 0 Å². The van der Waals surface area contributed by atoms with E-state index in [9.17, 15) is 14.4 Å². The quantitative estimate of drug-likeness (QED) is 0.631. The fourth-order valence-corrected chi connectivity index (χ4v) is 2.59. The van der Waals surface area contributed by atoms with Crippen molar-refractivity contribution in [3.63, 3.8) is 0 Å². The monoisotopic (exact) mass is 358 g/mol. The molecule has 0 aliphatic carbocycles. The molecule has 1 aromatic rings. The van der Waals surface area contributed by atoms with E-state index in [0.717, 1.165) is 5.56 Å². The molecule has 1 unspecified atom stereocenters. The third-order valence-electron chi connectivity index (χ3n) is 3.78. The van der Waals surface area contributed by atoms with Gasteiger partial charge in [0.05, 0.1) is 6.54 Å². The number of hydrogen-bond donors (Lipinski definition) is 2. The third-order valence-corrected chi connectivity index (χ3v) is 3.78. The lowest BCUT2D eigenvalue weighted by molar-refractivity contribution is -0.131. The van der Waals surface area contributed by atoms with E-state index in [2.05, 4.69) is 17.2 Å². The Labute approximate surface area is 156 Å². The Morgan fingerprint density at radius 1 is 1.12 bits per heavy atom. The number of allylic oxidation sites excluding steroid dienone is 1. The van der Waals surface area contributed by atoms with Crippen LogP contribution in [0.4, 0.5) is 0 Å². The molecule has 0 heterocycles. The molecular formula is C21H30N2O3. The van der Waals surface area contributed by atoms with Gasteiger partial charge in [-0.2, -0.15) is 0 Å². The Bertz CT molecular complexity index is 618. The minimum atomic E-state index is -0.482. The zero-order chi connectivity index (χ0) is 19.6. The second-order valence-electron chi connectivity index (χ2n) is 7.68. The number of Topliss-reactive ketones (excluding diaryl/α,β-unsaturated/α-hetero) is 1. The normalized spacial score (nSPS) is 12.1. The van der Waals surface area contributed by atoms with E-state index in [0.29, 0.717) is 19.4 Å². The summed E-state index contributed by atoms with van der Waals surface area (Å²) >= 11 is 0. The first-order valence-electron chi connectivity index (χ1n) is 8.92. The Hall–Kier alpha value is -2.43. The van der Waals surface area contributed by atoms with Gasteiger partial charge in [-0.25, -0.2) is 0 Å². The van der Waals surface area contributed by atoms with Crippen molar-refractivity contribution in [3.05, 3.63) is 48.6 Å². The topological polar surface area (TPSA) is 75.3 Å². The van der Waals surface area contributed by atoms with E-state index in [1.54, 1.807) is 6.08 Å². The lowest BCUT2D eigenvalue weighted by atomic mass is 9.86. The van der Waals surface area contributed by atoms with E-state index in [-0.39, 0.29) is 36.0 Å². The highest BCUT2D eigenvalue weighted by Gasteiger charge is 2.24. The molecule has 1 aromatic carbocycles. The van der Waals surface area contributed by atoms with Crippen LogP contribution in [0, 0.1) is 11.3 Å². The Morgan fingerprint density at radius 2 is 1.77 bits per heavy atom. The van der Waals surface area contributed by atoms with Crippen molar-refractivity contribution in [2.24, 2.45) is 11.3 Å². The molecule has 2 N–H and O–H groups in total. The highest BCUT2D eigenvalue weighted by atomic mass is 16.2. The Balaban J connectivity index is 2.44. The maximum atomic E-state index is 12.3. The van der Waals surface area contributed by atoms with Crippen molar-refractivity contribution in [2.45, 2.75) is 46.6 Å². The van der Waals surface area contributed by atoms with Crippen molar-refractivity contribution >= 4 is 17.6 Å². The van der Waals surface area contributed by atoms with Crippen LogP contribution < -0.4 is 10.6 Å². The first-order chi connectivity index (χ1) is 12.2. The van der Waals surface area contributed by atoms with E-state index < -0.39 is 5.92 Å². The van der Waals surface area contributed by atoms with Gasteiger partial charge in [0.2, 0.25) is 11.8 Å². The third kappa shape index (κ3) is 9.16. The number of hydrogen-bond acceptors (Lipinski definition) is 3. The lowest BCUT2D eigenvalue weighted by Gasteiger charge is -2.19. The molecule has 0 bridgehead atoms. The molecule has 0 aromatic heterocycles. The van der Waals surface area contributed by atoms with Crippen molar-refractivity contribution in [3.8, 4) is 0 Å². The van der Waals surface area contributed by atoms with Crippen LogP contribution in [0.5, 0.6) is 0 Å². The van der Waals surface area contributed by atoms with E-state index in [1.807, 2.05) is 51.1 Å². The van der Waals surface area contributed by atoms with Gasteiger partial charge in [0.1, 0.15) is 5.78 Å². The van der Waals surface area contributed by atoms with Gasteiger partial charge in [0.25, 0.3) is 0 Å². The van der Waals surface area contributed by atoms with Gasteiger partial charge in [-0.15, -0.1) is 6.58 Å². The van der Waals surface area contributed by atoms with Crippen molar-refractivity contribution in [2.75, 3.05) is 6.54 Å². The zero-order valence-corrected chi connectivity index (χ0v) is 16.0. The van der Waals surface area contributed by atoms with Crippen LogP contribution in [0.1, 0.15) is 45.6 Å². The van der Waals surface area contributed by atoms with Gasteiger partial charge in [0, 0.05) is 25.3 Å². The first-order valence-corrected chi connectivity index (χ1v) is 8.92. The number of ketones is 1. The van der Waals surface area contributed by atoms with Gasteiger partial charge in [-0.3, -0.25) is 14.4 Å². The number of rotatable bonds is 10. The predicted octanol–water partition coefficient (Wildman–Crippen LogP) is 3.01. The molecule has 2 amide bonds. The molecule has 0 aliphatic heterocycles. The number of benzene rings is 1. The van der Waals surface area contributed by atoms with Crippen molar-refractivity contribution in [1.82, 2.24) is 10.6 Å². The highest BCUT2D eigenvalue weighted by Crippen LogP contribution is 2.22. The zero-order valence-electron chi connectivity index (χ0n) is 16.0. The smallest absolute Gasteiger partial charge is 0.239 e. The highest BCUT2D eigenvalue weighted by molar-refractivity contribution is 5.89. The van der Waals surface area contributed by atoms with Crippen LogP contribution in [-0.4, -0.2) is 24.1 Å². The summed E-state index contributed by atoms with van der Waals surface area (Å²) in [5.74, 6) is -0.986. The van der Waals surface area contributed by atoms with Crippen LogP contribution in [0.25, 0.3) is 0 Å². The van der Waals surface area contributed by atoms with Gasteiger partial charge >= 0.3 is 0 Å². The minimum Gasteiger partial charge on any atom is -0.350 e. The molecule has 142 valence electrons.